The van der Waals surface area contributed by atoms with Gasteiger partial charge < -0.3 is 29.7 Å². The summed E-state index contributed by atoms with van der Waals surface area (Å²) in [7, 11) is 1.68. The van der Waals surface area contributed by atoms with Gasteiger partial charge in [0.05, 0.1) is 13.2 Å². The normalized spacial score (nSPS) is 11.4. The van der Waals surface area contributed by atoms with Crippen LogP contribution in [0.3, 0.4) is 0 Å². The van der Waals surface area contributed by atoms with Gasteiger partial charge in [0.2, 0.25) is 0 Å². The van der Waals surface area contributed by atoms with Gasteiger partial charge in [0, 0.05) is 32.5 Å². The summed E-state index contributed by atoms with van der Waals surface area (Å²) >= 11 is 0. The molecule has 0 aliphatic rings. The third-order valence-electron chi connectivity index (χ3n) is 16.9. The van der Waals surface area contributed by atoms with Gasteiger partial charge in [0.15, 0.2) is 0 Å². The monoisotopic (exact) mass is 1180 g/mol. The lowest BCUT2D eigenvalue weighted by atomic mass is 9.92. The van der Waals surface area contributed by atoms with Crippen LogP contribution in [0.4, 0.5) is 11.4 Å². The third kappa shape index (κ3) is 48.9. The molecule has 0 saturated carbocycles. The van der Waals surface area contributed by atoms with E-state index in [-0.39, 0.29) is 24.0 Å². The van der Waals surface area contributed by atoms with Crippen molar-refractivity contribution in [2.45, 2.75) is 363 Å². The van der Waals surface area contributed by atoms with E-state index in [0.717, 1.165) is 135 Å². The van der Waals surface area contributed by atoms with Crippen molar-refractivity contribution in [1.29, 1.82) is 0 Å². The Labute approximate surface area is 518 Å². The van der Waals surface area contributed by atoms with Crippen molar-refractivity contribution in [3.63, 3.8) is 0 Å². The highest BCUT2D eigenvalue weighted by atomic mass is 16.5. The van der Waals surface area contributed by atoms with Crippen LogP contribution in [0.5, 0.6) is 0 Å². The van der Waals surface area contributed by atoms with Crippen LogP contribution in [0, 0.1) is 5.92 Å². The van der Waals surface area contributed by atoms with E-state index in [0.29, 0.717) is 49.9 Å². The second-order valence-corrected chi connectivity index (χ2v) is 24.8. The highest BCUT2D eigenvalue weighted by molar-refractivity contribution is 5.82. The Bertz CT molecular complexity index is 1700. The fourth-order valence-corrected chi connectivity index (χ4v) is 11.5. The van der Waals surface area contributed by atoms with E-state index in [9.17, 15) is 24.0 Å². The fraction of sp³-hybridized carbons (Fsp3) is 0.877. The number of carbonyl (C=O) groups excluding carboxylic acids is 3. The molecule has 1 aromatic carbocycles. The lowest BCUT2D eigenvalue weighted by molar-refractivity contribution is -0.150. The van der Waals surface area contributed by atoms with Gasteiger partial charge >= 0.3 is 17.9 Å². The predicted molar refractivity (Wildman–Crippen MR) is 361 cm³/mol. The molecule has 0 radical (unpaired) electrons. The number of carbonyl (C=O) groups is 3. The zero-order valence-corrected chi connectivity index (χ0v) is 56.6. The number of nitrogens with zero attached hydrogens (tertiary/aromatic N) is 1. The summed E-state index contributed by atoms with van der Waals surface area (Å²) in [6, 6.07) is 0. The maximum absolute atomic E-state index is 12.9. The molecule has 0 aromatic heterocycles. The molecule has 0 aliphatic heterocycles. The van der Waals surface area contributed by atoms with Gasteiger partial charge in [-0.25, -0.2) is 4.79 Å². The van der Waals surface area contributed by atoms with Crippen molar-refractivity contribution in [3.05, 3.63) is 32.1 Å². The topological polar surface area (TPSA) is 140 Å². The number of allylic oxidation sites excluding steroid dienone is 1. The average molecular weight is 1180 g/mol. The molecule has 0 aliphatic carbocycles. The molecule has 0 bridgehead atoms. The first kappa shape index (κ1) is 80.8. The summed E-state index contributed by atoms with van der Waals surface area (Å²) in [5, 5.41) is 6.04. The molecule has 11 nitrogen and oxygen atoms in total. The number of rotatable bonds is 62. The molecule has 0 atom stereocenters. The minimum Gasteiger partial charge on any atom is -0.466 e. The number of esters is 3. The Kier molecular flexibility index (Phi) is 59.1. The van der Waals surface area contributed by atoms with Crippen LogP contribution >= 0.6 is 0 Å². The molecule has 1 aromatic rings. The van der Waals surface area contributed by atoms with E-state index in [2.05, 4.69) is 57.1 Å². The average Bonchev–Trinajstić information content (AvgIpc) is 3.64. The van der Waals surface area contributed by atoms with Crippen LogP contribution in [-0.2, 0) is 28.6 Å². The van der Waals surface area contributed by atoms with Crippen LogP contribution in [0.1, 0.15) is 357 Å². The molecule has 0 fully saturated rings. The van der Waals surface area contributed by atoms with Crippen LogP contribution in [-0.4, -0.2) is 75.4 Å². The van der Waals surface area contributed by atoms with Crippen LogP contribution in [0.25, 0.3) is 0 Å². The number of anilines is 2. The zero-order valence-electron chi connectivity index (χ0n) is 56.6. The maximum Gasteiger partial charge on any atom is 0.330 e. The Morgan fingerprint density at radius 2 is 0.798 bits per heavy atom. The first-order valence-corrected chi connectivity index (χ1v) is 36.2. The molecule has 0 heterocycles. The van der Waals surface area contributed by atoms with E-state index < -0.39 is 10.9 Å². The molecule has 0 unspecified atom stereocenters. The number of hydrogen-bond donors (Lipinski definition) is 2. The number of ether oxygens (including phenoxy) is 3. The van der Waals surface area contributed by atoms with E-state index in [1.807, 2.05) is 6.92 Å². The van der Waals surface area contributed by atoms with Gasteiger partial charge in [0.25, 0.3) is 10.9 Å². The Morgan fingerprint density at radius 3 is 1.27 bits per heavy atom. The molecule has 2 N–H and O–H groups in total. The quantitative estimate of drug-likeness (QED) is 0.0212. The van der Waals surface area contributed by atoms with Gasteiger partial charge in [-0.05, 0) is 122 Å². The van der Waals surface area contributed by atoms with Gasteiger partial charge in [-0.15, -0.1) is 0 Å². The minimum absolute atomic E-state index is 0.00227. The summed E-state index contributed by atoms with van der Waals surface area (Å²) in [6.07, 6.45) is 57.9. The molecular formula is C73H137N3O8. The minimum atomic E-state index is -0.438. The van der Waals surface area contributed by atoms with E-state index >= 15 is 0 Å². The van der Waals surface area contributed by atoms with Crippen molar-refractivity contribution in [2.24, 2.45) is 5.92 Å². The summed E-state index contributed by atoms with van der Waals surface area (Å²) in [5.41, 5.74) is 1.23. The summed E-state index contributed by atoms with van der Waals surface area (Å²) in [6.45, 7) is 20.0. The molecular weight excluding hydrogens is 1050 g/mol. The summed E-state index contributed by atoms with van der Waals surface area (Å²) in [5.74, 6) is 0.492. The molecule has 0 saturated heterocycles. The molecule has 11 heteroatoms. The fourth-order valence-electron chi connectivity index (χ4n) is 11.5. The van der Waals surface area contributed by atoms with Gasteiger partial charge in [-0.1, -0.05) is 253 Å². The van der Waals surface area contributed by atoms with Gasteiger partial charge in [-0.2, -0.15) is 0 Å². The predicted octanol–water partition coefficient (Wildman–Crippen LogP) is 20.4. The molecule has 0 spiro atoms. The summed E-state index contributed by atoms with van der Waals surface area (Å²) < 4.78 is 16.8. The number of nitrogens with one attached hydrogen (secondary N) is 2. The largest absolute Gasteiger partial charge is 0.466 e. The SMILES string of the molecule is CCCCCCC(=CC(=O)OCC)CCCCCC.CCCCCCCCC(CCCCCCCC)OC(=O)CCCCCCCN(CCCCCCCC(=O)OCCC(CCCCCC)CCCCCC)CCCNc1c(NC)c(=O)c1=O. The summed E-state index contributed by atoms with van der Waals surface area (Å²) in [4.78, 5) is 63.4. The Hall–Kier alpha value is -3.21. The lowest BCUT2D eigenvalue weighted by Gasteiger charge is -2.23. The number of unbranched alkanes of at least 4 members (excludes halogenated alkanes) is 30. The van der Waals surface area contributed by atoms with Crippen molar-refractivity contribution in [3.8, 4) is 0 Å². The van der Waals surface area contributed by atoms with E-state index in [1.165, 1.54) is 185 Å². The second kappa shape index (κ2) is 61.4. The second-order valence-electron chi connectivity index (χ2n) is 24.8. The Balaban J connectivity index is 0.00000307. The first-order chi connectivity index (χ1) is 41.0. The van der Waals surface area contributed by atoms with Gasteiger partial charge in [-0.3, -0.25) is 19.2 Å². The molecule has 1 rings (SSSR count). The van der Waals surface area contributed by atoms with Crippen molar-refractivity contribution < 1.29 is 28.6 Å². The van der Waals surface area contributed by atoms with Crippen LogP contribution in [0.2, 0.25) is 0 Å². The number of hydrogen-bond acceptors (Lipinski definition) is 11. The highest BCUT2D eigenvalue weighted by Gasteiger charge is 2.19. The van der Waals surface area contributed by atoms with E-state index in [1.54, 1.807) is 13.1 Å². The standard InChI is InChI=1S/C56H105N3O6.C17H32O2/c1-6-10-14-18-22-30-39-50(40-31-23-19-15-11-7-2)65-52(61)42-33-25-21-27-35-46-59(47-36-44-58-54-53(57-5)55(62)56(54)63)45-34-26-20-24-32-41-51(60)64-48-43-49(37-28-16-12-8-3)38-29-17-13-9-4;1-4-7-9-11-13-16(14-12-10-8-5-2)15-17(18)19-6-3/h49-50,57-58H,6-48H2,1-5H3;15H,4-14H2,1-3H3. The van der Waals surface area contributed by atoms with E-state index in [4.69, 9.17) is 14.2 Å². The molecule has 84 heavy (non-hydrogen) atoms. The third-order valence-corrected chi connectivity index (χ3v) is 16.9. The highest BCUT2D eigenvalue weighted by Crippen LogP contribution is 2.24. The lowest BCUT2D eigenvalue weighted by Crippen LogP contribution is -2.37. The molecule has 492 valence electrons. The zero-order chi connectivity index (χ0) is 61.8. The van der Waals surface area contributed by atoms with Crippen molar-refractivity contribution in [2.75, 3.05) is 57.1 Å². The molecule has 0 amide bonds. The maximum atomic E-state index is 12.9. The van der Waals surface area contributed by atoms with Gasteiger partial charge in [0.1, 0.15) is 17.5 Å². The smallest absolute Gasteiger partial charge is 0.330 e. The Morgan fingerprint density at radius 1 is 0.417 bits per heavy atom. The van der Waals surface area contributed by atoms with Crippen LogP contribution in [0.15, 0.2) is 21.2 Å². The van der Waals surface area contributed by atoms with Crippen molar-refractivity contribution >= 4 is 29.3 Å². The first-order valence-electron chi connectivity index (χ1n) is 36.2. The van der Waals surface area contributed by atoms with Crippen LogP contribution < -0.4 is 21.5 Å². The van der Waals surface area contributed by atoms with Crippen molar-refractivity contribution in [1.82, 2.24) is 4.90 Å².